The third-order valence-electron chi connectivity index (χ3n) is 6.09. The van der Waals surface area contributed by atoms with E-state index >= 15 is 0 Å². The van der Waals surface area contributed by atoms with E-state index in [1.807, 2.05) is 0 Å². The summed E-state index contributed by atoms with van der Waals surface area (Å²) >= 11 is 0. The van der Waals surface area contributed by atoms with Crippen LogP contribution in [-0.2, 0) is 9.47 Å². The van der Waals surface area contributed by atoms with Crippen LogP contribution in [0.25, 0.3) is 0 Å². The summed E-state index contributed by atoms with van der Waals surface area (Å²) in [5, 5.41) is 3.55. The highest BCUT2D eigenvalue weighted by Crippen LogP contribution is 2.38. The molecule has 3 aliphatic heterocycles. The van der Waals surface area contributed by atoms with Gasteiger partial charge in [0.05, 0.1) is 13.2 Å². The Hall–Kier alpha value is -0.200. The fraction of sp³-hybridized carbons (Fsp3) is 1.00. The minimum atomic E-state index is -0.273. The molecule has 0 aromatic heterocycles. The Kier molecular flexibility index (Phi) is 3.96. The van der Waals surface area contributed by atoms with Crippen molar-refractivity contribution >= 4 is 0 Å². The summed E-state index contributed by atoms with van der Waals surface area (Å²) in [6, 6.07) is 1.93. The molecule has 0 radical (unpaired) electrons. The van der Waals surface area contributed by atoms with Crippen LogP contribution in [0, 0.1) is 0 Å². The van der Waals surface area contributed by atoms with Gasteiger partial charge in [0.2, 0.25) is 0 Å². The molecule has 5 nitrogen and oxygen atoms in total. The maximum Gasteiger partial charge on any atom is 0.170 e. The predicted molar refractivity (Wildman–Crippen MR) is 81.3 cm³/mol. The highest BCUT2D eigenvalue weighted by molar-refractivity contribution is 4.99. The second-order valence-corrected chi connectivity index (χ2v) is 7.14. The van der Waals surface area contributed by atoms with Crippen molar-refractivity contribution in [3.05, 3.63) is 0 Å². The molecule has 1 N–H and O–H groups in total. The highest BCUT2D eigenvalue weighted by atomic mass is 16.7. The predicted octanol–water partition coefficient (Wildman–Crippen LogP) is 0.650. The van der Waals surface area contributed by atoms with Crippen LogP contribution in [-0.4, -0.2) is 80.2 Å². The summed E-state index contributed by atoms with van der Waals surface area (Å²) in [6.07, 6.45) is 6.00. The molecule has 1 saturated carbocycles. The number of rotatable bonds is 2. The number of fused-ring (bicyclic) bond motifs is 1. The number of nitrogens with zero attached hydrogens (tertiary/aromatic N) is 2. The van der Waals surface area contributed by atoms with Crippen LogP contribution in [0.1, 0.15) is 32.1 Å². The first-order valence-electron chi connectivity index (χ1n) is 8.73. The molecule has 4 aliphatic rings. The van der Waals surface area contributed by atoms with Gasteiger partial charge in [-0.1, -0.05) is 0 Å². The molecular formula is C16H29N3O2. The van der Waals surface area contributed by atoms with E-state index in [0.29, 0.717) is 12.1 Å². The zero-order chi connectivity index (χ0) is 14.3. The zero-order valence-electron chi connectivity index (χ0n) is 13.2. The van der Waals surface area contributed by atoms with Gasteiger partial charge in [0.25, 0.3) is 0 Å². The Balaban J connectivity index is 1.47. The number of ether oxygens (including phenoxy) is 2. The van der Waals surface area contributed by atoms with E-state index in [0.717, 1.165) is 38.5 Å². The molecule has 3 unspecified atom stereocenters. The third-order valence-corrected chi connectivity index (χ3v) is 6.09. The van der Waals surface area contributed by atoms with Gasteiger partial charge < -0.3 is 14.8 Å². The average molecular weight is 295 g/mol. The summed E-state index contributed by atoms with van der Waals surface area (Å²) < 4.78 is 12.0. The van der Waals surface area contributed by atoms with E-state index in [2.05, 4.69) is 22.2 Å². The van der Waals surface area contributed by atoms with E-state index < -0.39 is 0 Å². The number of nitrogens with one attached hydrogen (secondary N) is 1. The van der Waals surface area contributed by atoms with Crippen LogP contribution in [0.2, 0.25) is 0 Å². The van der Waals surface area contributed by atoms with Crippen molar-refractivity contribution in [2.45, 2.75) is 56.0 Å². The summed E-state index contributed by atoms with van der Waals surface area (Å²) in [7, 11) is 2.11. The van der Waals surface area contributed by atoms with Gasteiger partial charge in [-0.25, -0.2) is 0 Å². The zero-order valence-corrected chi connectivity index (χ0v) is 13.2. The van der Waals surface area contributed by atoms with Crippen molar-refractivity contribution in [3.8, 4) is 0 Å². The van der Waals surface area contributed by atoms with E-state index in [9.17, 15) is 0 Å². The van der Waals surface area contributed by atoms with Gasteiger partial charge in [-0.05, 0) is 32.9 Å². The van der Waals surface area contributed by atoms with Gasteiger partial charge in [-0.2, -0.15) is 0 Å². The number of hydrogen-bond donors (Lipinski definition) is 1. The van der Waals surface area contributed by atoms with Crippen LogP contribution < -0.4 is 5.32 Å². The lowest BCUT2D eigenvalue weighted by molar-refractivity contribution is -0.195. The lowest BCUT2D eigenvalue weighted by atomic mass is 9.84. The second kappa shape index (κ2) is 5.78. The fourth-order valence-corrected chi connectivity index (χ4v) is 4.93. The first-order valence-corrected chi connectivity index (χ1v) is 8.73. The number of hydrogen-bond acceptors (Lipinski definition) is 5. The minimum absolute atomic E-state index is 0.273. The summed E-state index contributed by atoms with van der Waals surface area (Å²) in [6.45, 7) is 6.54. The first kappa shape index (κ1) is 14.4. The van der Waals surface area contributed by atoms with Crippen LogP contribution in [0.4, 0.5) is 0 Å². The monoisotopic (exact) mass is 295 g/mol. The molecule has 0 amide bonds. The number of piperazine rings is 1. The third kappa shape index (κ3) is 2.63. The Morgan fingerprint density at radius 1 is 1.05 bits per heavy atom. The summed E-state index contributed by atoms with van der Waals surface area (Å²) in [4.78, 5) is 5.41. The molecule has 0 aromatic rings. The molecule has 1 spiro atoms. The SMILES string of the molecule is CNC1CCC2(CC1N1CCN3CCCC3C1)OCCO2. The standard InChI is InChI=1S/C16H29N3O2/c1-17-14-4-5-16(20-9-10-21-16)11-15(14)19-8-7-18-6-2-3-13(18)12-19/h13-15,17H,2-12H2,1H3. The largest absolute Gasteiger partial charge is 0.347 e. The Labute approximate surface area is 127 Å². The van der Waals surface area contributed by atoms with Crippen molar-refractivity contribution in [1.29, 1.82) is 0 Å². The van der Waals surface area contributed by atoms with Crippen LogP contribution in [0.5, 0.6) is 0 Å². The van der Waals surface area contributed by atoms with E-state index in [1.54, 1.807) is 0 Å². The van der Waals surface area contributed by atoms with Crippen molar-refractivity contribution < 1.29 is 9.47 Å². The molecule has 3 saturated heterocycles. The number of likely N-dealkylation sites (N-methyl/N-ethyl adjacent to an activating group) is 1. The molecule has 4 fully saturated rings. The lowest BCUT2D eigenvalue weighted by Gasteiger charge is -2.49. The lowest BCUT2D eigenvalue weighted by Crippen LogP contribution is -2.62. The van der Waals surface area contributed by atoms with Crippen LogP contribution >= 0.6 is 0 Å². The Bertz CT molecular complexity index is 373. The van der Waals surface area contributed by atoms with E-state index in [1.165, 1.54) is 39.0 Å². The van der Waals surface area contributed by atoms with Gasteiger partial charge >= 0.3 is 0 Å². The quantitative estimate of drug-likeness (QED) is 0.809. The molecule has 120 valence electrons. The molecule has 0 aromatic carbocycles. The molecule has 5 heteroatoms. The van der Waals surface area contributed by atoms with E-state index in [-0.39, 0.29) is 5.79 Å². The van der Waals surface area contributed by atoms with Gasteiger partial charge in [0.1, 0.15) is 0 Å². The molecule has 3 heterocycles. The van der Waals surface area contributed by atoms with Crippen molar-refractivity contribution in [3.63, 3.8) is 0 Å². The van der Waals surface area contributed by atoms with Gasteiger partial charge in [0.15, 0.2) is 5.79 Å². The summed E-state index contributed by atoms with van der Waals surface area (Å²) in [5.41, 5.74) is 0. The van der Waals surface area contributed by atoms with Gasteiger partial charge in [-0.15, -0.1) is 0 Å². The van der Waals surface area contributed by atoms with Crippen LogP contribution in [0.3, 0.4) is 0 Å². The topological polar surface area (TPSA) is 37.0 Å². The highest BCUT2D eigenvalue weighted by Gasteiger charge is 2.47. The Morgan fingerprint density at radius 2 is 1.86 bits per heavy atom. The van der Waals surface area contributed by atoms with Crippen molar-refractivity contribution in [2.24, 2.45) is 0 Å². The minimum Gasteiger partial charge on any atom is -0.347 e. The van der Waals surface area contributed by atoms with Gasteiger partial charge in [-0.3, -0.25) is 9.80 Å². The molecule has 0 bridgehead atoms. The molecule has 1 aliphatic carbocycles. The molecule has 4 rings (SSSR count). The van der Waals surface area contributed by atoms with E-state index in [4.69, 9.17) is 9.47 Å². The molecule has 21 heavy (non-hydrogen) atoms. The molecule has 3 atom stereocenters. The van der Waals surface area contributed by atoms with Crippen molar-refractivity contribution in [2.75, 3.05) is 46.4 Å². The normalized spacial score (nSPS) is 40.7. The van der Waals surface area contributed by atoms with Gasteiger partial charge in [0, 0.05) is 50.6 Å². The maximum atomic E-state index is 5.99. The Morgan fingerprint density at radius 3 is 2.67 bits per heavy atom. The van der Waals surface area contributed by atoms with Crippen molar-refractivity contribution in [1.82, 2.24) is 15.1 Å². The fourth-order valence-electron chi connectivity index (χ4n) is 4.93. The van der Waals surface area contributed by atoms with Crippen LogP contribution in [0.15, 0.2) is 0 Å². The summed E-state index contributed by atoms with van der Waals surface area (Å²) in [5.74, 6) is -0.273. The molecular weight excluding hydrogens is 266 g/mol. The average Bonchev–Trinajstić information content (AvgIpc) is 3.16. The smallest absolute Gasteiger partial charge is 0.170 e. The maximum absolute atomic E-state index is 5.99. The second-order valence-electron chi connectivity index (χ2n) is 7.14. The first-order chi connectivity index (χ1) is 10.3.